The predicted octanol–water partition coefficient (Wildman–Crippen LogP) is 8.19. The maximum Gasteiger partial charge on any atom is 0.522 e. The second-order valence-corrected chi connectivity index (χ2v) is 11.4. The zero-order valence-corrected chi connectivity index (χ0v) is 24.4. The molecule has 1 heterocycles. The minimum atomic E-state index is -4.84. The van der Waals surface area contributed by atoms with Crippen molar-refractivity contribution >= 4 is 5.91 Å². The van der Waals surface area contributed by atoms with Gasteiger partial charge in [0.1, 0.15) is 12.4 Å². The van der Waals surface area contributed by atoms with Gasteiger partial charge in [-0.25, -0.2) is 0 Å². The number of rotatable bonds is 12. The second kappa shape index (κ2) is 14.8. The molecule has 1 aliphatic carbocycles. The number of hydrogen-bond acceptors (Lipinski definition) is 4. The Hall–Kier alpha value is -2.79. The third-order valence-electron chi connectivity index (χ3n) is 8.39. The highest BCUT2D eigenvalue weighted by Crippen LogP contribution is 2.42. The molecule has 1 aliphatic heterocycles. The van der Waals surface area contributed by atoms with Crippen LogP contribution in [-0.2, 0) is 22.3 Å². The molecule has 3 unspecified atom stereocenters. The molecule has 5 nitrogen and oxygen atoms in total. The maximum atomic E-state index is 14.1. The Morgan fingerprint density at radius 2 is 1.70 bits per heavy atom. The molecule has 2 fully saturated rings. The fraction of sp³-hybridized carbons (Fsp3) is 0.594. The fourth-order valence-electron chi connectivity index (χ4n) is 6.35. The van der Waals surface area contributed by atoms with Crippen molar-refractivity contribution in [1.29, 1.82) is 0 Å². The van der Waals surface area contributed by atoms with Gasteiger partial charge in [-0.2, -0.15) is 13.2 Å². The monoisotopic (exact) mass is 614 g/mol. The number of carbonyl (C=O) groups is 1. The molecule has 2 aromatic rings. The van der Waals surface area contributed by atoms with Crippen LogP contribution >= 0.6 is 0 Å². The summed E-state index contributed by atoms with van der Waals surface area (Å²) >= 11 is 0. The molecular formula is C32H40F6N2O3. The SMILES string of the molecule is CCCCC1CC(NCc2cc(C(F)(F)F)ccc2OCCOC(F)(F)F)C(c2ccccc2)N1C(=O)C1CCCCC1. The number of amides is 1. The van der Waals surface area contributed by atoms with Crippen LogP contribution in [0.15, 0.2) is 48.5 Å². The van der Waals surface area contributed by atoms with Crippen LogP contribution in [0.5, 0.6) is 5.75 Å². The lowest BCUT2D eigenvalue weighted by atomic mass is 9.87. The van der Waals surface area contributed by atoms with Crippen molar-refractivity contribution in [2.45, 2.75) is 102 Å². The molecule has 3 atom stereocenters. The highest BCUT2D eigenvalue weighted by Gasteiger charge is 2.45. The van der Waals surface area contributed by atoms with Crippen molar-refractivity contribution in [3.8, 4) is 5.75 Å². The number of likely N-dealkylation sites (tertiary alicyclic amines) is 1. The van der Waals surface area contributed by atoms with Crippen LogP contribution in [0.4, 0.5) is 26.3 Å². The normalized spacial score (nSPS) is 21.7. The van der Waals surface area contributed by atoms with Gasteiger partial charge >= 0.3 is 12.5 Å². The molecule has 1 saturated carbocycles. The molecule has 0 spiro atoms. The smallest absolute Gasteiger partial charge is 0.491 e. The number of alkyl halides is 6. The molecule has 2 aromatic carbocycles. The number of carbonyl (C=O) groups excluding carboxylic acids is 1. The Morgan fingerprint density at radius 3 is 2.35 bits per heavy atom. The van der Waals surface area contributed by atoms with E-state index in [1.807, 2.05) is 35.2 Å². The van der Waals surface area contributed by atoms with Crippen LogP contribution in [-0.4, -0.2) is 42.5 Å². The van der Waals surface area contributed by atoms with E-state index in [-0.39, 0.29) is 47.8 Å². The summed E-state index contributed by atoms with van der Waals surface area (Å²) in [6, 6.07) is 12.0. The largest absolute Gasteiger partial charge is 0.522 e. The summed E-state index contributed by atoms with van der Waals surface area (Å²) in [6.45, 7) is 0.783. The van der Waals surface area contributed by atoms with Crippen molar-refractivity contribution in [3.63, 3.8) is 0 Å². The molecule has 0 bridgehead atoms. The first-order valence-electron chi connectivity index (χ1n) is 15.1. The number of benzene rings is 2. The molecule has 238 valence electrons. The summed E-state index contributed by atoms with van der Waals surface area (Å²) in [6.07, 6.45) is -1.19. The minimum Gasteiger partial charge on any atom is -0.491 e. The Bertz CT molecular complexity index is 1170. The number of ether oxygens (including phenoxy) is 2. The van der Waals surface area contributed by atoms with Crippen LogP contribution in [0.2, 0.25) is 0 Å². The van der Waals surface area contributed by atoms with Gasteiger partial charge in [0.2, 0.25) is 5.91 Å². The van der Waals surface area contributed by atoms with Crippen LogP contribution in [0.25, 0.3) is 0 Å². The van der Waals surface area contributed by atoms with Gasteiger partial charge in [-0.1, -0.05) is 69.4 Å². The molecule has 2 aliphatic rings. The van der Waals surface area contributed by atoms with E-state index in [0.717, 1.165) is 75.1 Å². The number of hydrogen-bond donors (Lipinski definition) is 1. The van der Waals surface area contributed by atoms with E-state index in [1.165, 1.54) is 0 Å². The molecular weight excluding hydrogens is 574 g/mol. The third-order valence-corrected chi connectivity index (χ3v) is 8.39. The van der Waals surface area contributed by atoms with Crippen LogP contribution in [0.1, 0.15) is 87.4 Å². The first-order chi connectivity index (χ1) is 20.5. The Morgan fingerprint density at radius 1 is 0.977 bits per heavy atom. The quantitative estimate of drug-likeness (QED) is 0.194. The lowest BCUT2D eigenvalue weighted by Crippen LogP contribution is -2.44. The lowest BCUT2D eigenvalue weighted by molar-refractivity contribution is -0.325. The number of nitrogens with zero attached hydrogens (tertiary/aromatic N) is 1. The van der Waals surface area contributed by atoms with Crippen LogP contribution in [0, 0.1) is 5.92 Å². The summed E-state index contributed by atoms with van der Waals surface area (Å²) in [7, 11) is 0. The molecule has 0 radical (unpaired) electrons. The van der Waals surface area contributed by atoms with E-state index in [9.17, 15) is 31.1 Å². The van der Waals surface area contributed by atoms with Crippen molar-refractivity contribution < 1.29 is 40.6 Å². The van der Waals surface area contributed by atoms with Gasteiger partial charge in [0.15, 0.2) is 0 Å². The van der Waals surface area contributed by atoms with Crippen LogP contribution in [0.3, 0.4) is 0 Å². The molecule has 1 saturated heterocycles. The van der Waals surface area contributed by atoms with Gasteiger partial charge in [-0.05, 0) is 49.4 Å². The van der Waals surface area contributed by atoms with Gasteiger partial charge in [0.05, 0.1) is 18.2 Å². The Labute approximate surface area is 248 Å². The van der Waals surface area contributed by atoms with Gasteiger partial charge < -0.3 is 15.0 Å². The summed E-state index contributed by atoms with van der Waals surface area (Å²) < 4.78 is 87.2. The summed E-state index contributed by atoms with van der Waals surface area (Å²) in [5.74, 6) is 0.148. The van der Waals surface area contributed by atoms with Gasteiger partial charge in [0.25, 0.3) is 0 Å². The first-order valence-corrected chi connectivity index (χ1v) is 15.1. The minimum absolute atomic E-state index is 0.0196. The van der Waals surface area contributed by atoms with E-state index in [2.05, 4.69) is 17.0 Å². The van der Waals surface area contributed by atoms with Crippen LogP contribution < -0.4 is 10.1 Å². The summed E-state index contributed by atoms with van der Waals surface area (Å²) in [5, 5.41) is 3.42. The van der Waals surface area contributed by atoms with Gasteiger partial charge in [-0.3, -0.25) is 9.53 Å². The molecule has 1 amide bonds. The molecule has 43 heavy (non-hydrogen) atoms. The van der Waals surface area contributed by atoms with E-state index >= 15 is 0 Å². The summed E-state index contributed by atoms with van der Waals surface area (Å²) in [5.41, 5.74) is 0.230. The highest BCUT2D eigenvalue weighted by atomic mass is 19.4. The second-order valence-electron chi connectivity index (χ2n) is 11.4. The number of unbranched alkanes of at least 4 members (excludes halogenated alkanes) is 1. The number of nitrogens with one attached hydrogen (secondary N) is 1. The average Bonchev–Trinajstić information content (AvgIpc) is 3.35. The topological polar surface area (TPSA) is 50.8 Å². The van der Waals surface area contributed by atoms with E-state index < -0.39 is 31.3 Å². The standard InChI is InChI=1S/C32H40F6N2O3/c1-2-3-14-26-20-27(29(22-10-6-4-7-11-22)40(26)30(41)23-12-8-5-9-13-23)39-21-24-19-25(31(33,34)35)15-16-28(24)42-17-18-43-32(36,37)38/h4,6-7,10-11,15-16,19,23,26-27,29,39H,2-3,5,8-9,12-14,17-18,20-21H2,1H3. The zero-order valence-electron chi connectivity index (χ0n) is 24.4. The zero-order chi connectivity index (χ0) is 31.0. The van der Waals surface area contributed by atoms with Crippen molar-refractivity contribution in [2.75, 3.05) is 13.2 Å². The van der Waals surface area contributed by atoms with Gasteiger partial charge in [0, 0.05) is 30.1 Å². The molecule has 0 aromatic heterocycles. The molecule has 1 N–H and O–H groups in total. The van der Waals surface area contributed by atoms with E-state index in [0.29, 0.717) is 6.42 Å². The highest BCUT2D eigenvalue weighted by molar-refractivity contribution is 5.80. The summed E-state index contributed by atoms with van der Waals surface area (Å²) in [4.78, 5) is 16.1. The van der Waals surface area contributed by atoms with Crippen molar-refractivity contribution in [2.24, 2.45) is 5.92 Å². The van der Waals surface area contributed by atoms with Gasteiger partial charge in [-0.15, -0.1) is 13.2 Å². The van der Waals surface area contributed by atoms with Crippen molar-refractivity contribution in [3.05, 3.63) is 65.2 Å². The molecule has 4 rings (SSSR count). The predicted molar refractivity (Wildman–Crippen MR) is 150 cm³/mol. The maximum absolute atomic E-state index is 14.1. The number of halogens is 6. The first kappa shape index (κ1) is 33.1. The molecule has 11 heteroatoms. The average molecular weight is 615 g/mol. The van der Waals surface area contributed by atoms with E-state index in [4.69, 9.17) is 4.74 Å². The van der Waals surface area contributed by atoms with Crippen molar-refractivity contribution in [1.82, 2.24) is 10.2 Å². The lowest BCUT2D eigenvalue weighted by Gasteiger charge is -2.36. The van der Waals surface area contributed by atoms with E-state index in [1.54, 1.807) is 0 Å². The third kappa shape index (κ3) is 9.11. The Kier molecular flexibility index (Phi) is 11.4. The fourth-order valence-corrected chi connectivity index (χ4v) is 6.35. The Balaban J connectivity index is 1.60.